The zero-order valence-corrected chi connectivity index (χ0v) is 10.1. The van der Waals surface area contributed by atoms with E-state index in [1.165, 1.54) is 0 Å². The Labute approximate surface area is 94.0 Å². The Bertz CT molecular complexity index is 310. The Morgan fingerprint density at radius 3 is 2.53 bits per heavy atom. The number of rotatable bonds is 5. The predicted octanol–water partition coefficient (Wildman–Crippen LogP) is 0.845. The molecule has 1 rings (SSSR count). The van der Waals surface area contributed by atoms with Crippen LogP contribution in [0.3, 0.4) is 0 Å². The van der Waals surface area contributed by atoms with Crippen molar-refractivity contribution in [3.63, 3.8) is 0 Å². The normalized spacial score (nSPS) is 14.2. The first kappa shape index (κ1) is 12.6. The maximum absolute atomic E-state index is 9.15. The molecule has 0 aromatic carbocycles. The lowest BCUT2D eigenvalue weighted by molar-refractivity contribution is 0.0954. The number of hydrogen-bond donors (Lipinski definition) is 3. The topological polar surface area (TPSA) is 65.4 Å². The molecule has 1 aromatic rings. The van der Waals surface area contributed by atoms with Gasteiger partial charge in [-0.3, -0.25) is 5.32 Å². The fourth-order valence-electron chi connectivity index (χ4n) is 1.32. The summed E-state index contributed by atoms with van der Waals surface area (Å²) in [7, 11) is 0. The van der Waals surface area contributed by atoms with Crippen molar-refractivity contribution in [2.45, 2.75) is 32.4 Å². The van der Waals surface area contributed by atoms with Crippen LogP contribution in [0.15, 0.2) is 5.38 Å². The Balaban J connectivity index is 2.66. The van der Waals surface area contributed by atoms with E-state index in [2.05, 4.69) is 10.3 Å². The molecule has 0 aliphatic carbocycles. The van der Waals surface area contributed by atoms with Gasteiger partial charge >= 0.3 is 0 Å². The summed E-state index contributed by atoms with van der Waals surface area (Å²) in [6.45, 7) is 5.51. The summed E-state index contributed by atoms with van der Waals surface area (Å²) in [5.74, 6) is 0. The van der Waals surface area contributed by atoms with E-state index in [0.29, 0.717) is 0 Å². The lowest BCUT2D eigenvalue weighted by Gasteiger charge is -2.29. The van der Waals surface area contributed by atoms with Crippen LogP contribution in [0, 0.1) is 6.92 Å². The summed E-state index contributed by atoms with van der Waals surface area (Å²) in [5.41, 5.74) is 0.294. The Hall–Kier alpha value is -0.490. The second-order valence-electron chi connectivity index (χ2n) is 4.03. The van der Waals surface area contributed by atoms with E-state index in [-0.39, 0.29) is 19.3 Å². The van der Waals surface area contributed by atoms with Crippen molar-refractivity contribution in [2.24, 2.45) is 0 Å². The smallest absolute Gasteiger partial charge is 0.0898 e. The second-order valence-corrected chi connectivity index (χ2v) is 5.10. The van der Waals surface area contributed by atoms with E-state index in [4.69, 9.17) is 10.2 Å². The van der Waals surface area contributed by atoms with Crippen LogP contribution in [-0.2, 0) is 0 Å². The number of nitrogens with one attached hydrogen (secondary N) is 1. The lowest BCUT2D eigenvalue weighted by Crippen LogP contribution is -2.49. The lowest BCUT2D eigenvalue weighted by atomic mass is 10.0. The van der Waals surface area contributed by atoms with E-state index < -0.39 is 5.54 Å². The number of aromatic nitrogens is 1. The molecule has 3 N–H and O–H groups in total. The largest absolute Gasteiger partial charge is 0.394 e. The average molecular weight is 230 g/mol. The minimum Gasteiger partial charge on any atom is -0.394 e. The van der Waals surface area contributed by atoms with E-state index >= 15 is 0 Å². The number of aryl methyl sites for hydroxylation is 1. The van der Waals surface area contributed by atoms with E-state index in [0.717, 1.165) is 10.7 Å². The van der Waals surface area contributed by atoms with Gasteiger partial charge in [0, 0.05) is 11.4 Å². The molecule has 0 fully saturated rings. The third-order valence-corrected chi connectivity index (χ3v) is 3.14. The van der Waals surface area contributed by atoms with Crippen LogP contribution >= 0.6 is 11.3 Å². The van der Waals surface area contributed by atoms with Gasteiger partial charge in [-0.25, -0.2) is 4.98 Å². The molecule has 1 unspecified atom stereocenters. The number of hydrogen-bond acceptors (Lipinski definition) is 5. The Kier molecular flexibility index (Phi) is 4.21. The predicted molar refractivity (Wildman–Crippen MR) is 61.0 cm³/mol. The summed E-state index contributed by atoms with van der Waals surface area (Å²) in [5, 5.41) is 24.5. The summed E-state index contributed by atoms with van der Waals surface area (Å²) in [6.07, 6.45) is 0. The standard InChI is InChI=1S/C10H18N2O2S/c1-7(9-4-15-8(2)11-9)12-10(3,5-13)6-14/h4,7,12-14H,5-6H2,1-3H3. The van der Waals surface area contributed by atoms with Crippen molar-refractivity contribution in [3.8, 4) is 0 Å². The molecule has 0 saturated carbocycles. The molecule has 1 atom stereocenters. The maximum atomic E-state index is 9.15. The van der Waals surface area contributed by atoms with Crippen molar-refractivity contribution in [1.29, 1.82) is 0 Å². The number of nitrogens with zero attached hydrogens (tertiary/aromatic N) is 1. The summed E-state index contributed by atoms with van der Waals surface area (Å²) in [4.78, 5) is 4.36. The minimum absolute atomic E-state index is 0.0271. The molecule has 5 heteroatoms. The van der Waals surface area contributed by atoms with Gasteiger partial charge in [-0.15, -0.1) is 11.3 Å². The Morgan fingerprint density at radius 1 is 1.53 bits per heavy atom. The zero-order valence-electron chi connectivity index (χ0n) is 9.32. The monoisotopic (exact) mass is 230 g/mol. The molecular weight excluding hydrogens is 212 g/mol. The van der Waals surface area contributed by atoms with Crippen LogP contribution < -0.4 is 5.32 Å². The van der Waals surface area contributed by atoms with Crippen molar-refractivity contribution < 1.29 is 10.2 Å². The van der Waals surface area contributed by atoms with Crippen LogP contribution in [-0.4, -0.2) is 33.9 Å². The van der Waals surface area contributed by atoms with Gasteiger partial charge in [0.15, 0.2) is 0 Å². The molecule has 15 heavy (non-hydrogen) atoms. The van der Waals surface area contributed by atoms with Gasteiger partial charge in [-0.1, -0.05) is 0 Å². The summed E-state index contributed by atoms with van der Waals surface area (Å²) < 4.78 is 0. The molecule has 1 heterocycles. The van der Waals surface area contributed by atoms with Gasteiger partial charge in [-0.05, 0) is 20.8 Å². The Morgan fingerprint density at radius 2 is 2.13 bits per heavy atom. The van der Waals surface area contributed by atoms with Gasteiger partial charge in [0.05, 0.1) is 29.5 Å². The number of thiazole rings is 1. The first-order valence-electron chi connectivity index (χ1n) is 4.92. The van der Waals surface area contributed by atoms with Crippen LogP contribution in [0.25, 0.3) is 0 Å². The van der Waals surface area contributed by atoms with E-state index in [9.17, 15) is 0 Å². The van der Waals surface area contributed by atoms with Gasteiger partial charge < -0.3 is 10.2 Å². The van der Waals surface area contributed by atoms with Crippen molar-refractivity contribution >= 4 is 11.3 Å². The first-order chi connectivity index (χ1) is 7.00. The zero-order chi connectivity index (χ0) is 11.5. The van der Waals surface area contributed by atoms with Crippen molar-refractivity contribution in [2.75, 3.05) is 13.2 Å². The highest BCUT2D eigenvalue weighted by Crippen LogP contribution is 2.18. The average Bonchev–Trinajstić information content (AvgIpc) is 2.65. The summed E-state index contributed by atoms with van der Waals surface area (Å²) in [6, 6.07) is 0.0271. The van der Waals surface area contributed by atoms with Gasteiger partial charge in [0.2, 0.25) is 0 Å². The van der Waals surface area contributed by atoms with Crippen LogP contribution in [0.1, 0.15) is 30.6 Å². The third kappa shape index (κ3) is 3.24. The molecule has 86 valence electrons. The van der Waals surface area contributed by atoms with Gasteiger partial charge in [-0.2, -0.15) is 0 Å². The molecule has 4 nitrogen and oxygen atoms in total. The highest BCUT2D eigenvalue weighted by atomic mass is 32.1. The molecule has 0 aliphatic heterocycles. The maximum Gasteiger partial charge on any atom is 0.0898 e. The molecule has 0 amide bonds. The highest BCUT2D eigenvalue weighted by molar-refractivity contribution is 7.09. The molecule has 0 aliphatic rings. The molecule has 0 spiro atoms. The quantitative estimate of drug-likeness (QED) is 0.701. The fraction of sp³-hybridized carbons (Fsp3) is 0.700. The SMILES string of the molecule is Cc1nc(C(C)NC(C)(CO)CO)cs1. The van der Waals surface area contributed by atoms with Crippen molar-refractivity contribution in [1.82, 2.24) is 10.3 Å². The number of aliphatic hydroxyl groups excluding tert-OH is 2. The van der Waals surface area contributed by atoms with E-state index in [1.54, 1.807) is 18.3 Å². The molecule has 1 aromatic heterocycles. The van der Waals surface area contributed by atoms with Crippen LogP contribution in [0.2, 0.25) is 0 Å². The number of aliphatic hydroxyl groups is 2. The first-order valence-corrected chi connectivity index (χ1v) is 5.80. The minimum atomic E-state index is -0.656. The van der Waals surface area contributed by atoms with Crippen LogP contribution in [0.4, 0.5) is 0 Å². The van der Waals surface area contributed by atoms with Crippen LogP contribution in [0.5, 0.6) is 0 Å². The third-order valence-electron chi connectivity index (χ3n) is 2.34. The molecular formula is C10H18N2O2S. The molecule has 0 saturated heterocycles. The van der Waals surface area contributed by atoms with Gasteiger partial charge in [0.25, 0.3) is 0 Å². The van der Waals surface area contributed by atoms with Gasteiger partial charge in [0.1, 0.15) is 0 Å². The van der Waals surface area contributed by atoms with E-state index in [1.807, 2.05) is 19.2 Å². The molecule has 0 radical (unpaired) electrons. The summed E-state index contributed by atoms with van der Waals surface area (Å²) >= 11 is 1.60. The second kappa shape index (κ2) is 5.03. The molecule has 0 bridgehead atoms. The fourth-order valence-corrected chi connectivity index (χ4v) is 2.02. The highest BCUT2D eigenvalue weighted by Gasteiger charge is 2.25. The van der Waals surface area contributed by atoms with Crippen molar-refractivity contribution in [3.05, 3.63) is 16.1 Å².